The number of nitrogens with two attached hydrogens (primary N) is 1. The molecule has 0 spiro atoms. The first-order valence-corrected chi connectivity index (χ1v) is 8.99. The van der Waals surface area contributed by atoms with Crippen LogP contribution in [0.3, 0.4) is 0 Å². The number of aromatic nitrogens is 1. The molecule has 1 aromatic heterocycles. The topological polar surface area (TPSA) is 59.2 Å². The number of primary amides is 1. The largest absolute Gasteiger partial charge is 0.366 e. The summed E-state index contributed by atoms with van der Waals surface area (Å²) in [6.07, 6.45) is 3.06. The molecular formula is C21H17ClFN3O. The molecular weight excluding hydrogens is 365 g/mol. The summed E-state index contributed by atoms with van der Waals surface area (Å²) in [5, 5.41) is 0.119. The van der Waals surface area contributed by atoms with Gasteiger partial charge in [0, 0.05) is 24.0 Å². The maximum absolute atomic E-state index is 13.7. The molecule has 2 heterocycles. The minimum absolute atomic E-state index is 0.119. The molecule has 0 atom stereocenters. The standard InChI is InChI=1S/C21H17ClFN3O/c22-17-5-4-13(11-18(17)23)10-14-6-8-25-20(12-14)26-9-7-15-16(21(24)27)2-1-3-19(15)26/h1-6,8,11-12H,7,9-10H2,(H2,24,27). The third-order valence-electron chi connectivity index (χ3n) is 4.77. The minimum Gasteiger partial charge on any atom is -0.366 e. The Balaban J connectivity index is 1.64. The highest BCUT2D eigenvalue weighted by Crippen LogP contribution is 2.35. The SMILES string of the molecule is NC(=O)c1cccc2c1CCN2c1cc(Cc2ccc(Cl)c(F)c2)ccn1. The molecule has 0 saturated carbocycles. The third kappa shape index (κ3) is 3.38. The van der Waals surface area contributed by atoms with Crippen LogP contribution >= 0.6 is 11.6 Å². The molecule has 27 heavy (non-hydrogen) atoms. The van der Waals surface area contributed by atoms with Crippen LogP contribution in [0.4, 0.5) is 15.9 Å². The molecule has 4 rings (SSSR count). The molecule has 0 unspecified atom stereocenters. The number of carbonyl (C=O) groups excluding carboxylic acids is 1. The number of rotatable bonds is 4. The molecule has 0 radical (unpaired) electrons. The zero-order valence-electron chi connectivity index (χ0n) is 14.5. The zero-order chi connectivity index (χ0) is 19.0. The predicted octanol–water partition coefficient (Wildman–Crippen LogP) is 4.26. The summed E-state index contributed by atoms with van der Waals surface area (Å²) in [5.74, 6) is -0.0432. The van der Waals surface area contributed by atoms with Crippen molar-refractivity contribution in [3.8, 4) is 0 Å². The highest BCUT2D eigenvalue weighted by Gasteiger charge is 2.25. The molecule has 6 heteroatoms. The van der Waals surface area contributed by atoms with Gasteiger partial charge in [-0.3, -0.25) is 4.79 Å². The van der Waals surface area contributed by atoms with Crippen LogP contribution < -0.4 is 10.6 Å². The molecule has 0 saturated heterocycles. The molecule has 4 nitrogen and oxygen atoms in total. The summed E-state index contributed by atoms with van der Waals surface area (Å²) in [5.41, 5.74) is 9.81. The average Bonchev–Trinajstić information content (AvgIpc) is 3.09. The van der Waals surface area contributed by atoms with Crippen molar-refractivity contribution in [3.05, 3.63) is 87.8 Å². The first-order chi connectivity index (χ1) is 13.0. The van der Waals surface area contributed by atoms with E-state index >= 15 is 0 Å². The van der Waals surface area contributed by atoms with Gasteiger partial charge >= 0.3 is 0 Å². The number of carbonyl (C=O) groups is 1. The molecule has 0 fully saturated rings. The molecule has 3 aromatic rings. The first kappa shape index (κ1) is 17.5. The molecule has 1 amide bonds. The summed E-state index contributed by atoms with van der Waals surface area (Å²) in [7, 11) is 0. The fourth-order valence-corrected chi connectivity index (χ4v) is 3.62. The van der Waals surface area contributed by atoms with Crippen molar-refractivity contribution in [2.45, 2.75) is 12.8 Å². The second kappa shape index (κ2) is 7.00. The van der Waals surface area contributed by atoms with Crippen molar-refractivity contribution < 1.29 is 9.18 Å². The Labute approximate surface area is 161 Å². The Morgan fingerprint density at radius 1 is 1.19 bits per heavy atom. The number of benzene rings is 2. The van der Waals surface area contributed by atoms with Gasteiger partial charge < -0.3 is 10.6 Å². The van der Waals surface area contributed by atoms with E-state index in [0.717, 1.165) is 41.2 Å². The van der Waals surface area contributed by atoms with Gasteiger partial charge in [-0.1, -0.05) is 23.7 Å². The Kier molecular flexibility index (Phi) is 4.54. The summed E-state index contributed by atoms with van der Waals surface area (Å²) < 4.78 is 13.7. The van der Waals surface area contributed by atoms with E-state index in [2.05, 4.69) is 9.88 Å². The lowest BCUT2D eigenvalue weighted by Gasteiger charge is -2.19. The quantitative estimate of drug-likeness (QED) is 0.734. The normalized spacial score (nSPS) is 12.9. The predicted molar refractivity (Wildman–Crippen MR) is 104 cm³/mol. The van der Waals surface area contributed by atoms with Crippen molar-refractivity contribution in [3.63, 3.8) is 0 Å². The molecule has 1 aliphatic rings. The van der Waals surface area contributed by atoms with Gasteiger partial charge in [0.05, 0.1) is 5.02 Å². The summed E-state index contributed by atoms with van der Waals surface area (Å²) >= 11 is 5.75. The summed E-state index contributed by atoms with van der Waals surface area (Å²) in [4.78, 5) is 18.2. The van der Waals surface area contributed by atoms with Gasteiger partial charge in [0.2, 0.25) is 5.91 Å². The van der Waals surface area contributed by atoms with E-state index in [1.54, 1.807) is 18.3 Å². The second-order valence-corrected chi connectivity index (χ2v) is 6.92. The van der Waals surface area contributed by atoms with Crippen LogP contribution in [0.5, 0.6) is 0 Å². The number of anilines is 2. The zero-order valence-corrected chi connectivity index (χ0v) is 15.2. The van der Waals surface area contributed by atoms with Gasteiger partial charge in [-0.15, -0.1) is 0 Å². The molecule has 136 valence electrons. The number of fused-ring (bicyclic) bond motifs is 1. The van der Waals surface area contributed by atoms with E-state index in [4.69, 9.17) is 17.3 Å². The van der Waals surface area contributed by atoms with Crippen LogP contribution in [-0.4, -0.2) is 17.4 Å². The van der Waals surface area contributed by atoms with Crippen LogP contribution in [0.1, 0.15) is 27.0 Å². The monoisotopic (exact) mass is 381 g/mol. The van der Waals surface area contributed by atoms with Crippen LogP contribution in [-0.2, 0) is 12.8 Å². The number of nitrogens with zero attached hydrogens (tertiary/aromatic N) is 2. The van der Waals surface area contributed by atoms with E-state index in [0.29, 0.717) is 12.0 Å². The fraction of sp³-hybridized carbons (Fsp3) is 0.143. The Morgan fingerprint density at radius 3 is 2.78 bits per heavy atom. The number of hydrogen-bond donors (Lipinski definition) is 1. The van der Waals surface area contributed by atoms with Crippen LogP contribution in [0.15, 0.2) is 54.7 Å². The number of hydrogen-bond acceptors (Lipinski definition) is 3. The van der Waals surface area contributed by atoms with Crippen LogP contribution in [0.2, 0.25) is 5.02 Å². The minimum atomic E-state index is -0.420. The van der Waals surface area contributed by atoms with Crippen molar-refractivity contribution >= 4 is 29.0 Å². The maximum atomic E-state index is 13.7. The molecule has 0 bridgehead atoms. The summed E-state index contributed by atoms with van der Waals surface area (Å²) in [6, 6.07) is 14.3. The van der Waals surface area contributed by atoms with Crippen molar-refractivity contribution in [1.82, 2.24) is 4.98 Å². The highest BCUT2D eigenvalue weighted by molar-refractivity contribution is 6.30. The van der Waals surface area contributed by atoms with Crippen molar-refractivity contribution in [1.29, 1.82) is 0 Å². The van der Waals surface area contributed by atoms with Crippen LogP contribution in [0.25, 0.3) is 0 Å². The van der Waals surface area contributed by atoms with Crippen LogP contribution in [0, 0.1) is 5.82 Å². The smallest absolute Gasteiger partial charge is 0.249 e. The van der Waals surface area contributed by atoms with E-state index < -0.39 is 11.7 Å². The fourth-order valence-electron chi connectivity index (χ4n) is 3.51. The van der Waals surface area contributed by atoms with Gasteiger partial charge in [0.1, 0.15) is 11.6 Å². The van der Waals surface area contributed by atoms with Gasteiger partial charge in [-0.05, 0) is 65.9 Å². The van der Waals surface area contributed by atoms with E-state index in [1.165, 1.54) is 6.07 Å². The Hall–Kier alpha value is -2.92. The van der Waals surface area contributed by atoms with Gasteiger partial charge in [0.25, 0.3) is 0 Å². The number of pyridine rings is 1. The lowest BCUT2D eigenvalue weighted by molar-refractivity contribution is 0.0999. The maximum Gasteiger partial charge on any atom is 0.249 e. The lowest BCUT2D eigenvalue weighted by atomic mass is 10.0. The van der Waals surface area contributed by atoms with E-state index in [1.807, 2.05) is 30.3 Å². The van der Waals surface area contributed by atoms with Crippen molar-refractivity contribution in [2.75, 3.05) is 11.4 Å². The molecule has 0 aliphatic carbocycles. The Bertz CT molecular complexity index is 1040. The second-order valence-electron chi connectivity index (χ2n) is 6.52. The van der Waals surface area contributed by atoms with Gasteiger partial charge in [0.15, 0.2) is 0 Å². The van der Waals surface area contributed by atoms with E-state index in [9.17, 15) is 9.18 Å². The molecule has 2 aromatic carbocycles. The molecule has 1 aliphatic heterocycles. The van der Waals surface area contributed by atoms with Gasteiger partial charge in [-0.2, -0.15) is 0 Å². The molecule has 2 N–H and O–H groups in total. The third-order valence-corrected chi connectivity index (χ3v) is 5.08. The summed E-state index contributed by atoms with van der Waals surface area (Å²) in [6.45, 7) is 0.728. The number of halogens is 2. The lowest BCUT2D eigenvalue weighted by Crippen LogP contribution is -2.15. The first-order valence-electron chi connectivity index (χ1n) is 8.61. The Morgan fingerprint density at radius 2 is 2.00 bits per heavy atom. The van der Waals surface area contributed by atoms with Crippen molar-refractivity contribution in [2.24, 2.45) is 5.73 Å². The highest BCUT2D eigenvalue weighted by atomic mass is 35.5. The average molecular weight is 382 g/mol. The van der Waals surface area contributed by atoms with Gasteiger partial charge in [-0.25, -0.2) is 9.37 Å². The number of amides is 1. The van der Waals surface area contributed by atoms with E-state index in [-0.39, 0.29) is 5.02 Å².